The molecule has 28 heavy (non-hydrogen) atoms. The molecule has 3 aliphatic carbocycles. The highest BCUT2D eigenvalue weighted by Gasteiger charge is 2.48. The van der Waals surface area contributed by atoms with Gasteiger partial charge in [-0.2, -0.15) is 0 Å². The van der Waals surface area contributed by atoms with Crippen molar-refractivity contribution in [3.05, 3.63) is 30.3 Å². The van der Waals surface area contributed by atoms with Crippen molar-refractivity contribution in [2.75, 3.05) is 0 Å². The van der Waals surface area contributed by atoms with Gasteiger partial charge in [0.15, 0.2) is 11.0 Å². The van der Waals surface area contributed by atoms with Gasteiger partial charge in [0.05, 0.1) is 0 Å². The van der Waals surface area contributed by atoms with Gasteiger partial charge < -0.3 is 0 Å². The van der Waals surface area contributed by atoms with Crippen LogP contribution in [0.25, 0.3) is 0 Å². The highest BCUT2D eigenvalue weighted by molar-refractivity contribution is 7.60. The maximum Gasteiger partial charge on any atom is 0.380 e. The molecule has 0 radical (unpaired) electrons. The smallest absolute Gasteiger partial charge is 0.0970 e. The van der Waals surface area contributed by atoms with Crippen LogP contribution in [-0.2, 0) is 4.57 Å². The Morgan fingerprint density at radius 2 is 1.36 bits per heavy atom. The first-order valence-corrected chi connectivity index (χ1v) is 14.9. The molecule has 154 valence electrons. The summed E-state index contributed by atoms with van der Waals surface area (Å²) >= 11 is 0. The van der Waals surface area contributed by atoms with Crippen molar-refractivity contribution in [1.82, 2.24) is 0 Å². The van der Waals surface area contributed by atoms with Crippen LogP contribution in [0.2, 0.25) is 0 Å². The summed E-state index contributed by atoms with van der Waals surface area (Å²) in [5.74, 6) is 0.707. The highest BCUT2D eigenvalue weighted by atomic mass is 31.1. The van der Waals surface area contributed by atoms with Crippen molar-refractivity contribution in [3.8, 4) is 0 Å². The molecule has 4 atom stereocenters. The monoisotopic (exact) mass is 417 g/mol. The summed E-state index contributed by atoms with van der Waals surface area (Å²) in [6, 6.07) is 10.4. The van der Waals surface area contributed by atoms with Gasteiger partial charge in [0, 0.05) is 5.92 Å². The molecule has 1 aromatic carbocycles. The molecule has 4 rings (SSSR count). The fourth-order valence-electron chi connectivity index (χ4n) is 6.53. The third kappa shape index (κ3) is 4.73. The maximum absolute atomic E-state index is 13.5. The van der Waals surface area contributed by atoms with Crippen molar-refractivity contribution in [3.63, 3.8) is 0 Å². The fraction of sp³-hybridized carbons (Fsp3) is 0.760. The van der Waals surface area contributed by atoms with Crippen LogP contribution in [0.5, 0.6) is 0 Å². The lowest BCUT2D eigenvalue weighted by Crippen LogP contribution is -2.32. The molecular formula is C25H39OP2+. The molecule has 0 aliphatic heterocycles. The van der Waals surface area contributed by atoms with Crippen LogP contribution in [0.1, 0.15) is 90.4 Å². The Morgan fingerprint density at radius 1 is 0.786 bits per heavy atom. The quantitative estimate of drug-likeness (QED) is 0.431. The molecule has 3 fully saturated rings. The lowest BCUT2D eigenvalue weighted by Gasteiger charge is -2.44. The maximum atomic E-state index is 13.5. The molecule has 3 unspecified atom stereocenters. The van der Waals surface area contributed by atoms with Gasteiger partial charge in [0.25, 0.3) is 0 Å². The molecule has 1 aromatic rings. The molecule has 0 heterocycles. The highest BCUT2D eigenvalue weighted by Crippen LogP contribution is 2.63. The molecular weight excluding hydrogens is 378 g/mol. The molecule has 0 spiro atoms. The minimum Gasteiger partial charge on any atom is -0.0970 e. The number of benzene rings is 1. The molecule has 0 N–H and O–H groups in total. The van der Waals surface area contributed by atoms with Gasteiger partial charge in [-0.05, 0) is 74.1 Å². The summed E-state index contributed by atoms with van der Waals surface area (Å²) < 4.78 is 13.5. The van der Waals surface area contributed by atoms with E-state index in [2.05, 4.69) is 31.2 Å². The van der Waals surface area contributed by atoms with Crippen LogP contribution in [0.4, 0.5) is 0 Å². The van der Waals surface area contributed by atoms with E-state index in [4.69, 9.17) is 0 Å². The first kappa shape index (κ1) is 21.0. The molecule has 3 saturated carbocycles. The largest absolute Gasteiger partial charge is 0.380 e. The predicted molar refractivity (Wildman–Crippen MR) is 125 cm³/mol. The molecule has 3 heteroatoms. The van der Waals surface area contributed by atoms with Crippen molar-refractivity contribution >= 4 is 21.0 Å². The molecule has 0 aromatic heterocycles. The van der Waals surface area contributed by atoms with Gasteiger partial charge in [-0.25, -0.2) is 0 Å². The van der Waals surface area contributed by atoms with Crippen molar-refractivity contribution < 1.29 is 4.57 Å². The SMILES string of the molecule is C[C@H](C1CCCC1[P+](=O)c1ccccc1)P(C1CCCCC1)C1CCCCC1. The van der Waals surface area contributed by atoms with Crippen molar-refractivity contribution in [2.45, 2.75) is 113 Å². The standard InChI is InChI=1S/C25H39OP2/c1-20(24-18-11-19-25(24)28(26)23-16-9-4-10-17-23)27(21-12-5-2-6-13-21)22-14-7-3-8-15-22/h4,9-10,16-17,20-22,24-25H,2-3,5-8,11-15,18-19H2,1H3/q+1/t20-,24?,25?/m1/s1. The summed E-state index contributed by atoms with van der Waals surface area (Å²) in [5.41, 5.74) is 3.27. The molecule has 0 saturated heterocycles. The van der Waals surface area contributed by atoms with E-state index in [-0.39, 0.29) is 7.92 Å². The molecule has 0 bridgehead atoms. The lowest BCUT2D eigenvalue weighted by atomic mass is 9.99. The Balaban J connectivity index is 1.54. The van der Waals surface area contributed by atoms with Crippen LogP contribution < -0.4 is 5.30 Å². The summed E-state index contributed by atoms with van der Waals surface area (Å²) in [7, 11) is -1.17. The fourth-order valence-corrected chi connectivity index (χ4v) is 13.3. The Morgan fingerprint density at radius 3 is 1.93 bits per heavy atom. The van der Waals surface area contributed by atoms with Gasteiger partial charge in [-0.1, -0.05) is 76.1 Å². The normalized spacial score (nSPS) is 29.1. The van der Waals surface area contributed by atoms with Gasteiger partial charge >= 0.3 is 7.80 Å². The van der Waals surface area contributed by atoms with Crippen LogP contribution in [0, 0.1) is 5.92 Å². The second kappa shape index (κ2) is 10.2. The van der Waals surface area contributed by atoms with E-state index in [0.717, 1.165) is 22.3 Å². The van der Waals surface area contributed by atoms with Gasteiger partial charge in [0.2, 0.25) is 0 Å². The third-order valence-corrected chi connectivity index (χ3v) is 14.0. The second-order valence-electron chi connectivity index (χ2n) is 9.59. The molecule has 3 aliphatic rings. The summed E-state index contributed by atoms with van der Waals surface area (Å²) in [6.45, 7) is 2.60. The lowest BCUT2D eigenvalue weighted by molar-refractivity contribution is 0.464. The minimum absolute atomic E-state index is 0.0820. The average molecular weight is 418 g/mol. The zero-order valence-electron chi connectivity index (χ0n) is 17.8. The van der Waals surface area contributed by atoms with Gasteiger partial charge in [-0.15, -0.1) is 0 Å². The molecule has 1 nitrogen and oxygen atoms in total. The Bertz CT molecular complexity index is 601. The van der Waals surface area contributed by atoms with E-state index in [1.807, 2.05) is 6.07 Å². The van der Waals surface area contributed by atoms with Crippen LogP contribution >= 0.6 is 15.7 Å². The van der Waals surface area contributed by atoms with E-state index in [0.29, 0.717) is 11.6 Å². The van der Waals surface area contributed by atoms with Gasteiger partial charge in [-0.3, -0.25) is 0 Å². The predicted octanol–water partition coefficient (Wildman–Crippen LogP) is 7.84. The van der Waals surface area contributed by atoms with Crippen molar-refractivity contribution in [1.29, 1.82) is 0 Å². The average Bonchev–Trinajstić information content (AvgIpc) is 3.25. The van der Waals surface area contributed by atoms with E-state index in [1.165, 1.54) is 83.5 Å². The summed E-state index contributed by atoms with van der Waals surface area (Å²) in [5, 5.41) is 1.10. The van der Waals surface area contributed by atoms with Crippen LogP contribution in [0.15, 0.2) is 30.3 Å². The first-order chi connectivity index (χ1) is 13.8. The Labute approximate surface area is 175 Å². The summed E-state index contributed by atoms with van der Waals surface area (Å²) in [6.07, 6.45) is 18.6. The number of rotatable bonds is 6. The van der Waals surface area contributed by atoms with E-state index in [1.54, 1.807) is 0 Å². The molecule has 0 amide bonds. The van der Waals surface area contributed by atoms with E-state index < -0.39 is 7.80 Å². The topological polar surface area (TPSA) is 17.1 Å². The van der Waals surface area contributed by atoms with E-state index in [9.17, 15) is 4.57 Å². The summed E-state index contributed by atoms with van der Waals surface area (Å²) in [4.78, 5) is 0. The van der Waals surface area contributed by atoms with E-state index >= 15 is 0 Å². The van der Waals surface area contributed by atoms with Crippen LogP contribution in [0.3, 0.4) is 0 Å². The Hall–Kier alpha value is -0.250. The van der Waals surface area contributed by atoms with Gasteiger partial charge in [0.1, 0.15) is 0 Å². The second-order valence-corrected chi connectivity index (χ2v) is 14.6. The number of hydrogen-bond acceptors (Lipinski definition) is 1. The first-order valence-electron chi connectivity index (χ1n) is 12.0. The zero-order chi connectivity index (χ0) is 19.3. The minimum atomic E-state index is -1.25. The third-order valence-electron chi connectivity index (χ3n) is 7.93. The van der Waals surface area contributed by atoms with Crippen molar-refractivity contribution in [2.24, 2.45) is 5.92 Å². The number of hydrogen-bond donors (Lipinski definition) is 0. The van der Waals surface area contributed by atoms with Crippen LogP contribution in [-0.4, -0.2) is 22.6 Å². The Kier molecular flexibility index (Phi) is 7.63. The zero-order valence-corrected chi connectivity index (χ0v) is 19.6.